The predicted molar refractivity (Wildman–Crippen MR) is 122 cm³/mol. The Balaban J connectivity index is 0.00000256. The van der Waals surface area contributed by atoms with Crippen LogP contribution in [-0.4, -0.2) is 24.2 Å². The smallest absolute Gasteiger partial charge is 0.252 e. The molecule has 1 N–H and O–H groups in total. The highest BCUT2D eigenvalue weighted by Crippen LogP contribution is 2.34. The molecule has 5 heteroatoms. The zero-order chi connectivity index (χ0) is 20.4. The number of methoxy groups -OCH3 is 2. The fourth-order valence-corrected chi connectivity index (χ4v) is 3.58. The van der Waals surface area contributed by atoms with Gasteiger partial charge >= 0.3 is 0 Å². The lowest BCUT2D eigenvalue weighted by atomic mass is 10.00. The molecule has 0 saturated heterocycles. The number of rotatable bonds is 5. The SMILES string of the molecule is C.COc1cc2c(C)[nH]c(=O)c(Cc3cccc(-c4ccccc4)n3)c2cc1OC. The first-order valence-corrected chi connectivity index (χ1v) is 9.39. The molecule has 30 heavy (non-hydrogen) atoms. The second-order valence-corrected chi connectivity index (χ2v) is 6.87. The number of fused-ring (bicyclic) bond motifs is 1. The molecule has 0 spiro atoms. The fraction of sp³-hybridized carbons (Fsp3) is 0.200. The molecule has 0 saturated carbocycles. The minimum Gasteiger partial charge on any atom is -0.493 e. The first kappa shape index (κ1) is 21.1. The molecule has 2 aromatic carbocycles. The van der Waals surface area contributed by atoms with Crippen molar-refractivity contribution >= 4 is 10.8 Å². The Morgan fingerprint density at radius 1 is 0.900 bits per heavy atom. The van der Waals surface area contributed by atoms with E-state index in [9.17, 15) is 4.79 Å². The Labute approximate surface area is 176 Å². The van der Waals surface area contributed by atoms with Gasteiger partial charge in [-0.2, -0.15) is 0 Å². The second-order valence-electron chi connectivity index (χ2n) is 6.87. The minimum atomic E-state index is -0.117. The highest BCUT2D eigenvalue weighted by atomic mass is 16.5. The lowest BCUT2D eigenvalue weighted by Gasteiger charge is -2.13. The summed E-state index contributed by atoms with van der Waals surface area (Å²) in [6.07, 6.45) is 0.419. The molecule has 0 aliphatic carbocycles. The van der Waals surface area contributed by atoms with Crippen molar-refractivity contribution in [2.45, 2.75) is 20.8 Å². The molecule has 0 aliphatic heterocycles. The molecular weight excluding hydrogens is 376 g/mol. The maximum absolute atomic E-state index is 12.8. The molecule has 0 fully saturated rings. The Hall–Kier alpha value is -3.60. The molecule has 154 valence electrons. The summed E-state index contributed by atoms with van der Waals surface area (Å²) >= 11 is 0. The van der Waals surface area contributed by atoms with Gasteiger partial charge in [0.2, 0.25) is 0 Å². The van der Waals surface area contributed by atoms with Crippen molar-refractivity contribution in [1.29, 1.82) is 0 Å². The zero-order valence-electron chi connectivity index (χ0n) is 16.7. The summed E-state index contributed by atoms with van der Waals surface area (Å²) in [6, 6.07) is 19.7. The van der Waals surface area contributed by atoms with E-state index < -0.39 is 0 Å². The standard InChI is InChI=1S/C24H22N2O3.CH4/c1-15-18-13-22(28-2)23(29-3)14-19(18)20(24(27)25-15)12-17-10-7-11-21(26-17)16-8-5-4-6-9-16;/h4-11,13-14H,12H2,1-3H3,(H,25,27);1H4. The van der Waals surface area contributed by atoms with Gasteiger partial charge in [-0.05, 0) is 36.6 Å². The maximum atomic E-state index is 12.8. The van der Waals surface area contributed by atoms with Crippen LogP contribution in [0.5, 0.6) is 11.5 Å². The summed E-state index contributed by atoms with van der Waals surface area (Å²) in [4.78, 5) is 20.5. The van der Waals surface area contributed by atoms with Crippen molar-refractivity contribution in [3.8, 4) is 22.8 Å². The molecule has 4 aromatic rings. The van der Waals surface area contributed by atoms with Crippen LogP contribution in [0.4, 0.5) is 0 Å². The summed E-state index contributed by atoms with van der Waals surface area (Å²) < 4.78 is 10.9. The quantitative estimate of drug-likeness (QED) is 0.502. The number of nitrogens with zero attached hydrogens (tertiary/aromatic N) is 1. The van der Waals surface area contributed by atoms with Gasteiger partial charge in [0.1, 0.15) is 0 Å². The summed E-state index contributed by atoms with van der Waals surface area (Å²) in [5, 5.41) is 1.77. The van der Waals surface area contributed by atoms with Crippen LogP contribution in [0.3, 0.4) is 0 Å². The lowest BCUT2D eigenvalue weighted by molar-refractivity contribution is 0.356. The van der Waals surface area contributed by atoms with E-state index >= 15 is 0 Å². The molecular formula is C25H26N2O3. The van der Waals surface area contributed by atoms with E-state index in [1.165, 1.54) is 0 Å². The van der Waals surface area contributed by atoms with Crippen LogP contribution in [0.15, 0.2) is 65.5 Å². The van der Waals surface area contributed by atoms with Gasteiger partial charge in [-0.25, -0.2) is 0 Å². The second kappa shape index (κ2) is 8.82. The van der Waals surface area contributed by atoms with Gasteiger partial charge in [0.05, 0.1) is 19.9 Å². The highest BCUT2D eigenvalue weighted by Gasteiger charge is 2.15. The van der Waals surface area contributed by atoms with Crippen molar-refractivity contribution in [2.75, 3.05) is 14.2 Å². The zero-order valence-corrected chi connectivity index (χ0v) is 16.7. The van der Waals surface area contributed by atoms with E-state index in [4.69, 9.17) is 14.5 Å². The average molecular weight is 402 g/mol. The maximum Gasteiger partial charge on any atom is 0.252 e. The summed E-state index contributed by atoms with van der Waals surface area (Å²) in [5.74, 6) is 1.22. The molecule has 4 rings (SSSR count). The van der Waals surface area contributed by atoms with Crippen LogP contribution in [0.25, 0.3) is 22.0 Å². The van der Waals surface area contributed by atoms with Crippen molar-refractivity contribution in [3.63, 3.8) is 0 Å². The molecule has 0 aliphatic rings. The first-order valence-electron chi connectivity index (χ1n) is 9.39. The fourth-order valence-electron chi connectivity index (χ4n) is 3.58. The van der Waals surface area contributed by atoms with Gasteiger partial charge in [-0.3, -0.25) is 9.78 Å². The Morgan fingerprint density at radius 3 is 2.23 bits per heavy atom. The van der Waals surface area contributed by atoms with Gasteiger partial charge in [-0.1, -0.05) is 43.8 Å². The molecule has 0 unspecified atom stereocenters. The number of aromatic nitrogens is 2. The molecule has 0 bridgehead atoms. The Bertz CT molecular complexity index is 1230. The van der Waals surface area contributed by atoms with Crippen LogP contribution in [-0.2, 0) is 6.42 Å². The normalized spacial score (nSPS) is 10.5. The number of hydrogen-bond acceptors (Lipinski definition) is 4. The topological polar surface area (TPSA) is 64.2 Å². The van der Waals surface area contributed by atoms with E-state index in [0.29, 0.717) is 23.5 Å². The third-order valence-electron chi connectivity index (χ3n) is 5.06. The number of aromatic amines is 1. The van der Waals surface area contributed by atoms with Gasteiger partial charge in [0, 0.05) is 34.3 Å². The van der Waals surface area contributed by atoms with Crippen LogP contribution >= 0.6 is 0 Å². The summed E-state index contributed by atoms with van der Waals surface area (Å²) in [7, 11) is 3.19. The van der Waals surface area contributed by atoms with Gasteiger partial charge in [0.15, 0.2) is 11.5 Å². The first-order chi connectivity index (χ1) is 14.1. The molecule has 0 amide bonds. The Kier molecular flexibility index (Phi) is 6.21. The molecule has 0 atom stereocenters. The minimum absolute atomic E-state index is 0. The largest absolute Gasteiger partial charge is 0.493 e. The number of pyridine rings is 2. The third-order valence-corrected chi connectivity index (χ3v) is 5.06. The number of ether oxygens (including phenoxy) is 2. The average Bonchev–Trinajstić information content (AvgIpc) is 2.76. The van der Waals surface area contributed by atoms with Crippen molar-refractivity contribution in [3.05, 3.63) is 88.0 Å². The molecule has 0 radical (unpaired) electrons. The van der Waals surface area contributed by atoms with Crippen LogP contribution in [0, 0.1) is 6.92 Å². The van der Waals surface area contributed by atoms with Crippen molar-refractivity contribution < 1.29 is 9.47 Å². The number of aryl methyl sites for hydroxylation is 1. The van der Waals surface area contributed by atoms with Crippen molar-refractivity contribution in [1.82, 2.24) is 9.97 Å². The van der Waals surface area contributed by atoms with Crippen LogP contribution < -0.4 is 15.0 Å². The lowest BCUT2D eigenvalue weighted by Crippen LogP contribution is -2.15. The summed E-state index contributed by atoms with van der Waals surface area (Å²) in [5.41, 5.74) is 4.09. The molecule has 2 aromatic heterocycles. The Morgan fingerprint density at radius 2 is 1.57 bits per heavy atom. The van der Waals surface area contributed by atoms with Crippen LogP contribution in [0.2, 0.25) is 0 Å². The number of benzene rings is 2. The summed E-state index contributed by atoms with van der Waals surface area (Å²) in [6.45, 7) is 1.88. The van der Waals surface area contributed by atoms with Crippen molar-refractivity contribution in [2.24, 2.45) is 0 Å². The van der Waals surface area contributed by atoms with E-state index in [2.05, 4.69) is 4.98 Å². The van der Waals surface area contributed by atoms with Crippen LogP contribution in [0.1, 0.15) is 24.4 Å². The van der Waals surface area contributed by atoms with Gasteiger partial charge in [0.25, 0.3) is 5.56 Å². The number of H-pyrrole nitrogens is 1. The third kappa shape index (κ3) is 3.92. The monoisotopic (exact) mass is 402 g/mol. The molecule has 2 heterocycles. The number of nitrogens with one attached hydrogen (secondary N) is 1. The van der Waals surface area contributed by atoms with Gasteiger partial charge in [-0.15, -0.1) is 0 Å². The number of hydrogen-bond donors (Lipinski definition) is 1. The van der Waals surface area contributed by atoms with E-state index in [0.717, 1.165) is 33.4 Å². The van der Waals surface area contributed by atoms with E-state index in [1.807, 2.05) is 67.6 Å². The molecule has 5 nitrogen and oxygen atoms in total. The van der Waals surface area contributed by atoms with E-state index in [-0.39, 0.29) is 13.0 Å². The van der Waals surface area contributed by atoms with Gasteiger partial charge < -0.3 is 14.5 Å². The predicted octanol–water partition coefficient (Wildman–Crippen LogP) is 5.14. The highest BCUT2D eigenvalue weighted by molar-refractivity contribution is 5.90. The van der Waals surface area contributed by atoms with E-state index in [1.54, 1.807) is 14.2 Å².